The number of hydrogen-bond donors (Lipinski definition) is 2. The Bertz CT molecular complexity index is 271. The van der Waals surface area contributed by atoms with Crippen LogP contribution in [0.15, 0.2) is 0 Å². The minimum atomic E-state index is -0.350. The van der Waals surface area contributed by atoms with Crippen molar-refractivity contribution in [3.05, 3.63) is 0 Å². The molecule has 0 heterocycles. The van der Waals surface area contributed by atoms with Crippen LogP contribution in [0, 0.1) is 11.8 Å². The Hall–Kier alpha value is -0.610. The van der Waals surface area contributed by atoms with Crippen LogP contribution in [0.3, 0.4) is 0 Å². The lowest BCUT2D eigenvalue weighted by molar-refractivity contribution is -0.133. The summed E-state index contributed by atoms with van der Waals surface area (Å²) in [6.45, 7) is 6.17. The highest BCUT2D eigenvalue weighted by Gasteiger charge is 2.25. The van der Waals surface area contributed by atoms with E-state index < -0.39 is 0 Å². The number of carbonyl (C=O) groups is 1. The van der Waals surface area contributed by atoms with Gasteiger partial charge in [-0.25, -0.2) is 0 Å². The average molecular weight is 284 g/mol. The molecule has 20 heavy (non-hydrogen) atoms. The second kappa shape index (κ2) is 10.2. The van der Waals surface area contributed by atoms with Gasteiger partial charge in [0.25, 0.3) is 0 Å². The van der Waals surface area contributed by atoms with Crippen molar-refractivity contribution in [2.75, 3.05) is 19.7 Å². The van der Waals surface area contributed by atoms with E-state index in [1.807, 2.05) is 6.92 Å². The fourth-order valence-electron chi connectivity index (χ4n) is 2.89. The van der Waals surface area contributed by atoms with Crippen molar-refractivity contribution in [1.29, 1.82) is 0 Å². The maximum atomic E-state index is 11.9. The van der Waals surface area contributed by atoms with Gasteiger partial charge in [0.15, 0.2) is 0 Å². The van der Waals surface area contributed by atoms with E-state index in [1.165, 1.54) is 32.1 Å². The Morgan fingerprint density at radius 2 is 2.00 bits per heavy atom. The second-order valence-corrected chi connectivity index (χ2v) is 6.01. The monoisotopic (exact) mass is 284 g/mol. The zero-order valence-corrected chi connectivity index (χ0v) is 13.2. The topological polar surface area (TPSA) is 64.3 Å². The molecule has 1 amide bonds. The summed E-state index contributed by atoms with van der Waals surface area (Å²) in [5.41, 5.74) is 5.82. The lowest BCUT2D eigenvalue weighted by Crippen LogP contribution is -2.37. The van der Waals surface area contributed by atoms with Gasteiger partial charge in [-0.3, -0.25) is 4.79 Å². The number of ether oxygens (including phenoxy) is 1. The molecule has 0 aromatic rings. The van der Waals surface area contributed by atoms with E-state index in [9.17, 15) is 4.79 Å². The second-order valence-electron chi connectivity index (χ2n) is 6.01. The summed E-state index contributed by atoms with van der Waals surface area (Å²) in [7, 11) is 0. The van der Waals surface area contributed by atoms with E-state index in [0.717, 1.165) is 25.9 Å². The Labute approximate surface area is 123 Å². The van der Waals surface area contributed by atoms with Crippen molar-refractivity contribution in [3.63, 3.8) is 0 Å². The minimum Gasteiger partial charge on any atom is -0.368 e. The van der Waals surface area contributed by atoms with Gasteiger partial charge in [0, 0.05) is 6.54 Å². The lowest BCUT2D eigenvalue weighted by Gasteiger charge is -2.31. The maximum absolute atomic E-state index is 11.9. The molecule has 3 atom stereocenters. The van der Waals surface area contributed by atoms with Gasteiger partial charge in [-0.2, -0.15) is 0 Å². The average Bonchev–Trinajstić information content (AvgIpc) is 2.49. The van der Waals surface area contributed by atoms with Crippen LogP contribution in [-0.2, 0) is 9.53 Å². The highest BCUT2D eigenvalue weighted by atomic mass is 16.5. The molecular formula is C16H32N2O2. The molecule has 1 rings (SSSR count). The molecular weight excluding hydrogens is 252 g/mol. The van der Waals surface area contributed by atoms with Gasteiger partial charge in [0.05, 0.1) is 6.61 Å². The first-order valence-electron chi connectivity index (χ1n) is 8.28. The minimum absolute atomic E-state index is 0.0150. The Morgan fingerprint density at radius 1 is 1.30 bits per heavy atom. The van der Waals surface area contributed by atoms with Crippen LogP contribution >= 0.6 is 0 Å². The molecule has 3 unspecified atom stereocenters. The molecule has 118 valence electrons. The van der Waals surface area contributed by atoms with Crippen LogP contribution in [0.1, 0.15) is 58.8 Å². The zero-order chi connectivity index (χ0) is 14.8. The Kier molecular flexibility index (Phi) is 8.86. The first-order chi connectivity index (χ1) is 9.69. The summed E-state index contributed by atoms with van der Waals surface area (Å²) in [5.74, 6) is 1.12. The number of nitrogens with one attached hydrogen (secondary N) is 1. The van der Waals surface area contributed by atoms with E-state index in [-0.39, 0.29) is 12.0 Å². The lowest BCUT2D eigenvalue weighted by atomic mass is 9.80. The molecule has 1 fully saturated rings. The van der Waals surface area contributed by atoms with Crippen LogP contribution in [0.25, 0.3) is 0 Å². The molecule has 0 saturated heterocycles. The van der Waals surface area contributed by atoms with Gasteiger partial charge >= 0.3 is 0 Å². The molecule has 0 radical (unpaired) electrons. The van der Waals surface area contributed by atoms with E-state index >= 15 is 0 Å². The Morgan fingerprint density at radius 3 is 2.65 bits per heavy atom. The van der Waals surface area contributed by atoms with E-state index in [2.05, 4.69) is 12.2 Å². The number of hydrogen-bond acceptors (Lipinski definition) is 3. The summed E-state index contributed by atoms with van der Waals surface area (Å²) in [6, 6.07) is 0. The number of rotatable bonds is 9. The van der Waals surface area contributed by atoms with Crippen molar-refractivity contribution in [2.24, 2.45) is 17.6 Å². The van der Waals surface area contributed by atoms with Crippen molar-refractivity contribution in [1.82, 2.24) is 5.32 Å². The smallest absolute Gasteiger partial charge is 0.248 e. The molecule has 3 N–H and O–H groups in total. The van der Waals surface area contributed by atoms with Gasteiger partial charge < -0.3 is 15.8 Å². The van der Waals surface area contributed by atoms with Crippen molar-refractivity contribution >= 4 is 5.91 Å². The Balaban J connectivity index is 2.20. The number of amides is 1. The third kappa shape index (κ3) is 6.23. The number of nitrogens with two attached hydrogens (primary N) is 1. The summed E-state index contributed by atoms with van der Waals surface area (Å²) in [6.07, 6.45) is 7.98. The third-order valence-corrected chi connectivity index (χ3v) is 4.38. The predicted octanol–water partition coefficient (Wildman–Crippen LogP) is 2.46. The molecule has 4 heteroatoms. The molecule has 1 aliphatic carbocycles. The summed E-state index contributed by atoms with van der Waals surface area (Å²) in [4.78, 5) is 11.9. The van der Waals surface area contributed by atoms with Crippen LogP contribution in [0.5, 0.6) is 0 Å². The molecule has 0 aromatic heterocycles. The summed E-state index contributed by atoms with van der Waals surface area (Å²) < 4.78 is 5.76. The fourth-order valence-corrected chi connectivity index (χ4v) is 2.89. The van der Waals surface area contributed by atoms with E-state index in [0.29, 0.717) is 18.4 Å². The molecule has 1 saturated carbocycles. The quantitative estimate of drug-likeness (QED) is 0.639. The first-order valence-corrected chi connectivity index (χ1v) is 8.28. The third-order valence-electron chi connectivity index (χ3n) is 4.38. The molecule has 0 aliphatic heterocycles. The van der Waals surface area contributed by atoms with Crippen LogP contribution in [-0.4, -0.2) is 31.7 Å². The van der Waals surface area contributed by atoms with Gasteiger partial charge in [-0.05, 0) is 44.6 Å². The van der Waals surface area contributed by atoms with Crippen LogP contribution < -0.4 is 11.1 Å². The van der Waals surface area contributed by atoms with Gasteiger partial charge in [0.1, 0.15) is 6.10 Å². The largest absolute Gasteiger partial charge is 0.368 e. The van der Waals surface area contributed by atoms with Crippen molar-refractivity contribution in [3.8, 4) is 0 Å². The van der Waals surface area contributed by atoms with Crippen molar-refractivity contribution in [2.45, 2.75) is 64.9 Å². The molecule has 0 aromatic carbocycles. The zero-order valence-electron chi connectivity index (χ0n) is 13.2. The highest BCUT2D eigenvalue weighted by molar-refractivity contribution is 5.80. The summed E-state index contributed by atoms with van der Waals surface area (Å²) in [5, 5.41) is 2.94. The summed E-state index contributed by atoms with van der Waals surface area (Å²) >= 11 is 0. The van der Waals surface area contributed by atoms with E-state index in [1.54, 1.807) is 0 Å². The number of unbranched alkanes of at least 4 members (excludes halogenated alkanes) is 2. The highest BCUT2D eigenvalue weighted by Crippen LogP contribution is 2.29. The van der Waals surface area contributed by atoms with Gasteiger partial charge in [-0.15, -0.1) is 0 Å². The molecule has 0 spiro atoms. The van der Waals surface area contributed by atoms with Crippen LogP contribution in [0.2, 0.25) is 0 Å². The van der Waals surface area contributed by atoms with Crippen molar-refractivity contribution < 1.29 is 9.53 Å². The maximum Gasteiger partial charge on any atom is 0.248 e. The van der Waals surface area contributed by atoms with Gasteiger partial charge in [0.2, 0.25) is 5.91 Å². The fraction of sp³-hybridized carbons (Fsp3) is 0.938. The molecule has 1 aliphatic rings. The first kappa shape index (κ1) is 17.4. The van der Waals surface area contributed by atoms with Gasteiger partial charge in [-0.1, -0.05) is 32.6 Å². The predicted molar refractivity (Wildman–Crippen MR) is 82.5 cm³/mol. The standard InChI is InChI=1S/C16H32N2O2/c1-3-4-7-10-18-16(19)13(2)20-12-15-9-6-5-8-14(15)11-17/h13-15H,3-12,17H2,1-2H3,(H,18,19). The normalized spacial score (nSPS) is 24.4. The number of carbonyl (C=O) groups excluding carboxylic acids is 1. The van der Waals surface area contributed by atoms with Crippen LogP contribution in [0.4, 0.5) is 0 Å². The molecule has 0 bridgehead atoms. The SMILES string of the molecule is CCCCCNC(=O)C(C)OCC1CCCCC1CN. The van der Waals surface area contributed by atoms with E-state index in [4.69, 9.17) is 10.5 Å². The molecule has 4 nitrogen and oxygen atoms in total.